The number of methoxy groups -OCH3 is 1. The van der Waals surface area contributed by atoms with Crippen LogP contribution in [0.15, 0.2) is 40.0 Å². The van der Waals surface area contributed by atoms with Gasteiger partial charge >= 0.3 is 0 Å². The molecule has 2 aromatic rings. The van der Waals surface area contributed by atoms with Crippen LogP contribution >= 0.6 is 0 Å². The Morgan fingerprint density at radius 1 is 1.43 bits per heavy atom. The van der Waals surface area contributed by atoms with Crippen LogP contribution in [0.3, 0.4) is 0 Å². The van der Waals surface area contributed by atoms with Crippen LogP contribution in [0.2, 0.25) is 0 Å². The molecule has 0 aliphatic carbocycles. The van der Waals surface area contributed by atoms with Crippen molar-refractivity contribution >= 4 is 17.3 Å². The Morgan fingerprint density at radius 3 is 2.76 bits per heavy atom. The van der Waals surface area contributed by atoms with Crippen LogP contribution in [0.5, 0.6) is 0 Å². The fourth-order valence-corrected chi connectivity index (χ4v) is 1.68. The minimum Gasteiger partial charge on any atom is -0.411 e. The maximum Gasteiger partial charge on any atom is 0.277 e. The van der Waals surface area contributed by atoms with Gasteiger partial charge in [0.1, 0.15) is 6.61 Å². The molecular weight excluding hydrogens is 274 g/mol. The third-order valence-corrected chi connectivity index (χ3v) is 2.79. The van der Waals surface area contributed by atoms with Crippen molar-refractivity contribution in [1.29, 1.82) is 0 Å². The molecule has 0 aliphatic rings. The number of carbonyl (C=O) groups excluding carboxylic acids is 1. The predicted molar refractivity (Wildman–Crippen MR) is 75.6 cm³/mol. The molecule has 0 radical (unpaired) electrons. The summed E-state index contributed by atoms with van der Waals surface area (Å²) in [6.45, 7) is 1.94. The summed E-state index contributed by atoms with van der Waals surface area (Å²) in [5.41, 5.74) is 2.04. The molecule has 2 N–H and O–H groups in total. The molecule has 0 aliphatic heterocycles. The third-order valence-electron chi connectivity index (χ3n) is 2.79. The van der Waals surface area contributed by atoms with Gasteiger partial charge in [0.25, 0.3) is 5.91 Å². The molecule has 7 heteroatoms. The lowest BCUT2D eigenvalue weighted by Gasteiger charge is -2.04. The van der Waals surface area contributed by atoms with E-state index in [4.69, 9.17) is 14.5 Å². The second kappa shape index (κ2) is 6.67. The van der Waals surface area contributed by atoms with Gasteiger partial charge in [-0.2, -0.15) is 0 Å². The highest BCUT2D eigenvalue weighted by Crippen LogP contribution is 2.12. The minimum absolute atomic E-state index is 0.180. The van der Waals surface area contributed by atoms with Crippen molar-refractivity contribution in [1.82, 2.24) is 5.16 Å². The summed E-state index contributed by atoms with van der Waals surface area (Å²) in [6, 6.07) is 8.42. The Labute approximate surface area is 121 Å². The monoisotopic (exact) mass is 289 g/mol. The summed E-state index contributed by atoms with van der Waals surface area (Å²) in [6.07, 6.45) is 0. The molecule has 0 atom stereocenters. The minimum atomic E-state index is -0.374. The van der Waals surface area contributed by atoms with Gasteiger partial charge in [-0.1, -0.05) is 22.4 Å². The van der Waals surface area contributed by atoms with Crippen molar-refractivity contribution < 1.29 is 19.3 Å². The summed E-state index contributed by atoms with van der Waals surface area (Å²) >= 11 is 0. The molecular formula is C14H15N3O4. The van der Waals surface area contributed by atoms with E-state index in [0.717, 1.165) is 5.56 Å². The van der Waals surface area contributed by atoms with Gasteiger partial charge in [-0.25, -0.2) is 0 Å². The van der Waals surface area contributed by atoms with Crippen LogP contribution in [0.4, 0.5) is 5.69 Å². The number of aromatic nitrogens is 1. The lowest BCUT2D eigenvalue weighted by Crippen LogP contribution is -2.12. The van der Waals surface area contributed by atoms with Crippen molar-refractivity contribution in [3.05, 3.63) is 47.3 Å². The average Bonchev–Trinajstić information content (AvgIpc) is 2.96. The topological polar surface area (TPSA) is 97.0 Å². The molecule has 0 unspecified atom stereocenters. The summed E-state index contributed by atoms with van der Waals surface area (Å²) in [7, 11) is 1.53. The van der Waals surface area contributed by atoms with Crippen molar-refractivity contribution in [2.75, 3.05) is 12.4 Å². The number of nitrogens with one attached hydrogen (secondary N) is 1. The lowest BCUT2D eigenvalue weighted by molar-refractivity contribution is 0.101. The van der Waals surface area contributed by atoms with Crippen LogP contribution < -0.4 is 5.32 Å². The average molecular weight is 289 g/mol. The fraction of sp³-hybridized carbons (Fsp3) is 0.214. The van der Waals surface area contributed by atoms with E-state index < -0.39 is 0 Å². The Morgan fingerprint density at radius 2 is 2.14 bits per heavy atom. The van der Waals surface area contributed by atoms with E-state index in [-0.39, 0.29) is 18.2 Å². The fourth-order valence-electron chi connectivity index (χ4n) is 1.68. The number of benzene rings is 1. The van der Waals surface area contributed by atoms with Crippen molar-refractivity contribution in [3.8, 4) is 0 Å². The molecule has 0 saturated heterocycles. The van der Waals surface area contributed by atoms with Crippen molar-refractivity contribution in [3.63, 3.8) is 0 Å². The van der Waals surface area contributed by atoms with Gasteiger partial charge in [0.15, 0.2) is 11.5 Å². The first-order valence-electron chi connectivity index (χ1n) is 6.19. The number of ether oxygens (including phenoxy) is 1. The molecule has 110 valence electrons. The van der Waals surface area contributed by atoms with Gasteiger partial charge in [0.2, 0.25) is 0 Å². The van der Waals surface area contributed by atoms with Gasteiger partial charge in [-0.15, -0.1) is 0 Å². The van der Waals surface area contributed by atoms with E-state index in [2.05, 4.69) is 15.6 Å². The molecule has 1 heterocycles. The summed E-state index contributed by atoms with van der Waals surface area (Å²) < 4.78 is 9.84. The quantitative estimate of drug-likeness (QED) is 0.500. The molecule has 7 nitrogen and oxygen atoms in total. The molecule has 1 aromatic carbocycles. The van der Waals surface area contributed by atoms with Gasteiger partial charge in [0.05, 0.1) is 5.71 Å². The first-order chi connectivity index (χ1) is 10.1. The highest BCUT2D eigenvalue weighted by molar-refractivity contribution is 6.03. The number of anilines is 1. The van der Waals surface area contributed by atoms with Gasteiger partial charge < -0.3 is 19.8 Å². The zero-order chi connectivity index (χ0) is 15.2. The second-order valence-electron chi connectivity index (χ2n) is 4.33. The van der Waals surface area contributed by atoms with Crippen molar-refractivity contribution in [2.24, 2.45) is 5.16 Å². The van der Waals surface area contributed by atoms with E-state index in [1.807, 2.05) is 0 Å². The number of amides is 1. The zero-order valence-corrected chi connectivity index (χ0v) is 11.7. The number of oxime groups is 1. The van der Waals surface area contributed by atoms with Crippen LogP contribution in [-0.2, 0) is 11.3 Å². The number of carbonyl (C=O) groups is 1. The smallest absolute Gasteiger partial charge is 0.277 e. The van der Waals surface area contributed by atoms with E-state index in [1.54, 1.807) is 31.2 Å². The molecule has 0 saturated carbocycles. The largest absolute Gasteiger partial charge is 0.411 e. The molecule has 2 rings (SSSR count). The van der Waals surface area contributed by atoms with Gasteiger partial charge in [-0.05, 0) is 24.6 Å². The Balaban J connectivity index is 2.05. The number of hydrogen-bond acceptors (Lipinski definition) is 6. The van der Waals surface area contributed by atoms with Crippen LogP contribution in [-0.4, -0.2) is 29.1 Å². The molecule has 1 aromatic heterocycles. The molecule has 21 heavy (non-hydrogen) atoms. The van der Waals surface area contributed by atoms with Crippen LogP contribution in [0, 0.1) is 0 Å². The Bertz CT molecular complexity index is 646. The van der Waals surface area contributed by atoms with Crippen LogP contribution in [0.1, 0.15) is 28.7 Å². The molecule has 0 spiro atoms. The molecule has 0 fully saturated rings. The second-order valence-corrected chi connectivity index (χ2v) is 4.33. The first-order valence-corrected chi connectivity index (χ1v) is 6.19. The summed E-state index contributed by atoms with van der Waals surface area (Å²) in [4.78, 5) is 12.0. The van der Waals surface area contributed by atoms with Crippen molar-refractivity contribution in [2.45, 2.75) is 13.5 Å². The first kappa shape index (κ1) is 14.7. The maximum atomic E-state index is 12.0. The normalized spacial score (nSPS) is 11.4. The molecule has 0 bridgehead atoms. The highest BCUT2D eigenvalue weighted by atomic mass is 16.5. The summed E-state index contributed by atoms with van der Waals surface area (Å²) in [5, 5.41) is 18.2. The van der Waals surface area contributed by atoms with E-state index in [1.165, 1.54) is 13.2 Å². The third kappa shape index (κ3) is 3.67. The zero-order valence-electron chi connectivity index (χ0n) is 11.7. The van der Waals surface area contributed by atoms with Gasteiger partial charge in [0, 0.05) is 18.9 Å². The molecule has 1 amide bonds. The summed E-state index contributed by atoms with van der Waals surface area (Å²) in [5.74, 6) is 0.106. The van der Waals surface area contributed by atoms with E-state index in [0.29, 0.717) is 17.2 Å². The Hall–Kier alpha value is -2.67. The predicted octanol–water partition coefficient (Wildman–Crippen LogP) is 2.27. The van der Waals surface area contributed by atoms with Crippen LogP contribution in [0.25, 0.3) is 0 Å². The Kier molecular flexibility index (Phi) is 4.68. The standard InChI is InChI=1S/C14H15N3O4/c1-9(16-19)10-3-5-11(6-4-10)15-14(18)13-7-12(8-20-2)21-17-13/h3-7,19H,8H2,1-2H3,(H,15,18). The van der Waals surface area contributed by atoms with Gasteiger partial charge in [-0.3, -0.25) is 4.79 Å². The number of hydrogen-bond donors (Lipinski definition) is 2. The maximum absolute atomic E-state index is 12.0. The number of rotatable bonds is 5. The number of nitrogens with zero attached hydrogens (tertiary/aromatic N) is 2. The lowest BCUT2D eigenvalue weighted by atomic mass is 10.1. The van der Waals surface area contributed by atoms with E-state index >= 15 is 0 Å². The highest BCUT2D eigenvalue weighted by Gasteiger charge is 2.12. The SMILES string of the molecule is COCc1cc(C(=O)Nc2ccc(C(C)=NO)cc2)no1. The van der Waals surface area contributed by atoms with E-state index in [9.17, 15) is 4.79 Å².